The first-order valence-electron chi connectivity index (χ1n) is 7.94. The number of hydrogen-bond donors (Lipinski definition) is 2. The normalized spacial score (nSPS) is 17.8. The summed E-state index contributed by atoms with van der Waals surface area (Å²) < 4.78 is 6.51. The van der Waals surface area contributed by atoms with Crippen LogP contribution in [0.4, 0.5) is 0 Å². The summed E-state index contributed by atoms with van der Waals surface area (Å²) in [5.74, 6) is -0.454. The molecule has 0 unspecified atom stereocenters. The van der Waals surface area contributed by atoms with E-state index in [0.717, 1.165) is 17.4 Å². The summed E-state index contributed by atoms with van der Waals surface area (Å²) in [6.07, 6.45) is 1.94. The Morgan fingerprint density at radius 1 is 1.40 bits per heavy atom. The van der Waals surface area contributed by atoms with Gasteiger partial charge in [-0.05, 0) is 44.0 Å². The van der Waals surface area contributed by atoms with Crippen molar-refractivity contribution in [1.29, 1.82) is 0 Å². The number of aromatic hydroxyl groups is 1. The maximum absolute atomic E-state index is 12.2. The Bertz CT molecular complexity index is 909. The zero-order valence-electron chi connectivity index (χ0n) is 13.7. The molecule has 1 aromatic carbocycles. The van der Waals surface area contributed by atoms with Crippen LogP contribution in [0.1, 0.15) is 25.3 Å². The minimum atomic E-state index is -0.736. The van der Waals surface area contributed by atoms with E-state index in [2.05, 4.69) is 9.98 Å². The van der Waals surface area contributed by atoms with Gasteiger partial charge in [-0.3, -0.25) is 14.8 Å². The summed E-state index contributed by atoms with van der Waals surface area (Å²) in [5, 5.41) is 11.0. The van der Waals surface area contributed by atoms with Crippen molar-refractivity contribution >= 4 is 17.3 Å². The molecule has 25 heavy (non-hydrogen) atoms. The van der Waals surface area contributed by atoms with Crippen LogP contribution in [0.3, 0.4) is 0 Å². The minimum absolute atomic E-state index is 0.0262. The second-order valence-electron chi connectivity index (χ2n) is 5.83. The molecule has 2 aromatic rings. The number of halogens is 1. The van der Waals surface area contributed by atoms with Crippen molar-refractivity contribution in [3.05, 3.63) is 55.7 Å². The maximum atomic E-state index is 12.2. The number of aromatic amines is 1. The van der Waals surface area contributed by atoms with Gasteiger partial charge in [0.05, 0.1) is 24.0 Å². The molecule has 0 amide bonds. The van der Waals surface area contributed by atoms with Crippen LogP contribution in [0.2, 0.25) is 5.02 Å². The average Bonchev–Trinajstić information content (AvgIpc) is 3.07. The Balaban J connectivity index is 2.03. The fourth-order valence-electron chi connectivity index (χ4n) is 2.79. The Labute approximate surface area is 148 Å². The molecule has 2 N–H and O–H groups in total. The maximum Gasteiger partial charge on any atom is 0.335 e. The lowest BCUT2D eigenvalue weighted by atomic mass is 10.2. The van der Waals surface area contributed by atoms with E-state index in [0.29, 0.717) is 29.6 Å². The molecule has 3 rings (SSSR count). The van der Waals surface area contributed by atoms with Gasteiger partial charge in [0.1, 0.15) is 5.56 Å². The van der Waals surface area contributed by atoms with E-state index < -0.39 is 17.1 Å². The van der Waals surface area contributed by atoms with Crippen LogP contribution in [-0.2, 0) is 4.74 Å². The number of ether oxygens (including phenoxy) is 1. The van der Waals surface area contributed by atoms with Crippen LogP contribution in [0, 0.1) is 0 Å². The Morgan fingerprint density at radius 2 is 2.12 bits per heavy atom. The van der Waals surface area contributed by atoms with Gasteiger partial charge in [0, 0.05) is 11.6 Å². The van der Waals surface area contributed by atoms with Crippen LogP contribution in [0.25, 0.3) is 5.69 Å². The summed E-state index contributed by atoms with van der Waals surface area (Å²) in [6.45, 7) is 2.74. The molecule has 1 saturated heterocycles. The predicted molar refractivity (Wildman–Crippen MR) is 95.4 cm³/mol. The highest BCUT2D eigenvalue weighted by atomic mass is 35.5. The molecule has 0 bridgehead atoms. The number of benzene rings is 1. The van der Waals surface area contributed by atoms with E-state index in [1.807, 2.05) is 0 Å². The number of hydrogen-bond acceptors (Lipinski definition) is 5. The minimum Gasteiger partial charge on any atom is -0.493 e. The molecule has 0 aliphatic carbocycles. The molecule has 1 aliphatic rings. The lowest BCUT2D eigenvalue weighted by Crippen LogP contribution is -2.33. The third-order valence-electron chi connectivity index (χ3n) is 4.09. The number of nitrogens with zero attached hydrogens (tertiary/aromatic N) is 2. The smallest absolute Gasteiger partial charge is 0.335 e. The van der Waals surface area contributed by atoms with Gasteiger partial charge in [0.2, 0.25) is 5.88 Å². The van der Waals surface area contributed by atoms with E-state index in [9.17, 15) is 14.7 Å². The highest BCUT2D eigenvalue weighted by Gasteiger charge is 2.19. The predicted octanol–water partition coefficient (Wildman–Crippen LogP) is 1.87. The van der Waals surface area contributed by atoms with Gasteiger partial charge in [-0.25, -0.2) is 9.36 Å². The molecular formula is C17H18ClN3O4. The molecule has 132 valence electrons. The fourth-order valence-corrected chi connectivity index (χ4v) is 2.91. The molecule has 2 heterocycles. The fraction of sp³-hybridized carbons (Fsp3) is 0.353. The van der Waals surface area contributed by atoms with Crippen molar-refractivity contribution in [2.75, 3.05) is 13.2 Å². The topological polar surface area (TPSA) is 96.7 Å². The van der Waals surface area contributed by atoms with Gasteiger partial charge in [-0.1, -0.05) is 11.6 Å². The lowest BCUT2D eigenvalue weighted by molar-refractivity contribution is 0.118. The zero-order chi connectivity index (χ0) is 18.0. The molecule has 1 aliphatic heterocycles. The van der Waals surface area contributed by atoms with Crippen molar-refractivity contribution in [3.8, 4) is 11.6 Å². The van der Waals surface area contributed by atoms with Gasteiger partial charge in [0.25, 0.3) is 5.56 Å². The second-order valence-corrected chi connectivity index (χ2v) is 6.27. The van der Waals surface area contributed by atoms with Crippen LogP contribution in [0.15, 0.2) is 38.8 Å². The van der Waals surface area contributed by atoms with E-state index >= 15 is 0 Å². The Hall–Kier alpha value is -2.38. The third kappa shape index (κ3) is 3.67. The van der Waals surface area contributed by atoms with Gasteiger partial charge in [-0.15, -0.1) is 0 Å². The Kier molecular flexibility index (Phi) is 5.06. The van der Waals surface area contributed by atoms with E-state index in [1.165, 1.54) is 0 Å². The molecule has 7 nitrogen and oxygen atoms in total. The zero-order valence-corrected chi connectivity index (χ0v) is 14.4. The largest absolute Gasteiger partial charge is 0.493 e. The quantitative estimate of drug-likeness (QED) is 0.810. The Morgan fingerprint density at radius 3 is 2.76 bits per heavy atom. The van der Waals surface area contributed by atoms with Crippen LogP contribution >= 0.6 is 11.6 Å². The van der Waals surface area contributed by atoms with Crippen molar-refractivity contribution in [3.63, 3.8) is 0 Å². The lowest BCUT2D eigenvalue weighted by Gasteiger charge is -2.12. The highest BCUT2D eigenvalue weighted by molar-refractivity contribution is 6.30. The first kappa shape index (κ1) is 17.4. The van der Waals surface area contributed by atoms with Gasteiger partial charge < -0.3 is 9.84 Å². The van der Waals surface area contributed by atoms with Gasteiger partial charge in [-0.2, -0.15) is 0 Å². The van der Waals surface area contributed by atoms with Crippen molar-refractivity contribution in [1.82, 2.24) is 9.55 Å². The van der Waals surface area contributed by atoms with Gasteiger partial charge in [0.15, 0.2) is 0 Å². The molecule has 0 radical (unpaired) electrons. The molecule has 0 saturated carbocycles. The molecule has 1 aromatic heterocycles. The van der Waals surface area contributed by atoms with Crippen molar-refractivity contribution in [2.24, 2.45) is 4.99 Å². The monoisotopic (exact) mass is 363 g/mol. The van der Waals surface area contributed by atoms with E-state index in [4.69, 9.17) is 16.3 Å². The SMILES string of the molecule is CC(=NC[C@@H]1CCCO1)c1c(O)n(-c2ccc(Cl)cc2)c(=O)[nH]c1=O. The van der Waals surface area contributed by atoms with Crippen LogP contribution in [-0.4, -0.2) is 39.6 Å². The van der Waals surface area contributed by atoms with Crippen molar-refractivity contribution < 1.29 is 9.84 Å². The summed E-state index contributed by atoms with van der Waals surface area (Å²) in [6, 6.07) is 6.33. The van der Waals surface area contributed by atoms with Crippen LogP contribution in [0.5, 0.6) is 5.88 Å². The molecule has 0 spiro atoms. The summed E-state index contributed by atoms with van der Waals surface area (Å²) in [5.41, 5.74) is -0.720. The van der Waals surface area contributed by atoms with E-state index in [1.54, 1.807) is 31.2 Å². The summed E-state index contributed by atoms with van der Waals surface area (Å²) in [7, 11) is 0. The number of H-pyrrole nitrogens is 1. The third-order valence-corrected chi connectivity index (χ3v) is 4.34. The molecule has 1 fully saturated rings. The average molecular weight is 364 g/mol. The number of aromatic nitrogens is 2. The first-order chi connectivity index (χ1) is 12.0. The van der Waals surface area contributed by atoms with E-state index in [-0.39, 0.29) is 11.7 Å². The van der Waals surface area contributed by atoms with Crippen molar-refractivity contribution in [2.45, 2.75) is 25.9 Å². The highest BCUT2D eigenvalue weighted by Crippen LogP contribution is 2.19. The molecule has 1 atom stereocenters. The number of rotatable bonds is 4. The molecule has 8 heteroatoms. The second kappa shape index (κ2) is 7.25. The first-order valence-corrected chi connectivity index (χ1v) is 8.32. The number of nitrogens with one attached hydrogen (secondary N) is 1. The standard InChI is InChI=1S/C17H18ClN3O4/c1-10(19-9-13-3-2-8-25-13)14-15(22)20-17(24)21(16(14)23)12-6-4-11(18)5-7-12/h4-7,13,23H,2-3,8-9H2,1H3,(H,20,22,24)/t13-/m0/s1. The molecular weight excluding hydrogens is 346 g/mol. The number of aliphatic imine (C=N–C) groups is 1. The van der Waals surface area contributed by atoms with Crippen LogP contribution < -0.4 is 11.2 Å². The summed E-state index contributed by atoms with van der Waals surface area (Å²) >= 11 is 5.85. The van der Waals surface area contributed by atoms with Gasteiger partial charge >= 0.3 is 5.69 Å². The summed E-state index contributed by atoms with van der Waals surface area (Å²) in [4.78, 5) is 30.9.